The van der Waals surface area contributed by atoms with Crippen molar-refractivity contribution < 1.29 is 0 Å². The molecule has 1 aliphatic carbocycles. The minimum absolute atomic E-state index is 1.09. The quantitative estimate of drug-likeness (QED) is 0.436. The van der Waals surface area contributed by atoms with E-state index in [9.17, 15) is 0 Å². The second-order valence-electron chi connectivity index (χ2n) is 6.68. The zero-order valence-corrected chi connectivity index (χ0v) is 13.3. The number of hydrogen-bond donors (Lipinski definition) is 0. The monoisotopic (exact) mass is 277 g/mol. The van der Waals surface area contributed by atoms with Crippen LogP contribution >= 0.6 is 0 Å². The maximum Gasteiger partial charge on any atom is 0.153 e. The highest BCUT2D eigenvalue weighted by Gasteiger charge is 2.30. The van der Waals surface area contributed by atoms with Gasteiger partial charge in [0.1, 0.15) is 0 Å². The number of rotatable bonds is 1. The zero-order valence-electron chi connectivity index (χ0n) is 12.3. The second kappa shape index (κ2) is 3.86. The van der Waals surface area contributed by atoms with E-state index in [2.05, 4.69) is 72.4 Å². The van der Waals surface area contributed by atoms with Gasteiger partial charge in [-0.15, -0.1) is 0 Å². The lowest BCUT2D eigenvalue weighted by atomic mass is 10.0. The van der Waals surface area contributed by atoms with Crippen LogP contribution in [-0.4, -0.2) is 12.5 Å². The predicted octanol–water partition coefficient (Wildman–Crippen LogP) is 4.90. The Morgan fingerprint density at radius 2 is 1.60 bits per heavy atom. The molecule has 0 aliphatic heterocycles. The van der Waals surface area contributed by atoms with Crippen molar-refractivity contribution in [2.24, 2.45) is 0 Å². The number of fused-ring (bicyclic) bond motifs is 5. The van der Waals surface area contributed by atoms with Gasteiger partial charge in [-0.05, 0) is 17.2 Å². The van der Waals surface area contributed by atoms with Crippen LogP contribution in [0.3, 0.4) is 0 Å². The van der Waals surface area contributed by atoms with Gasteiger partial charge in [-0.25, -0.2) is 0 Å². The smallest absolute Gasteiger partial charge is 0.153 e. The van der Waals surface area contributed by atoms with Crippen molar-refractivity contribution in [3.8, 4) is 11.1 Å². The topological polar surface area (TPSA) is 4.93 Å². The van der Waals surface area contributed by atoms with Gasteiger partial charge in [0, 0.05) is 28.6 Å². The van der Waals surface area contributed by atoms with E-state index < -0.39 is 8.24 Å². The van der Waals surface area contributed by atoms with Crippen molar-refractivity contribution in [1.29, 1.82) is 0 Å². The molecular formula is C18H19NSi. The summed E-state index contributed by atoms with van der Waals surface area (Å²) in [7, 11) is -1.42. The van der Waals surface area contributed by atoms with Crippen LogP contribution in [0.4, 0.5) is 0 Å². The largest absolute Gasteiger partial charge is 0.371 e. The summed E-state index contributed by atoms with van der Waals surface area (Å²) in [6.45, 7) is 7.30. The molecule has 100 valence electrons. The van der Waals surface area contributed by atoms with Gasteiger partial charge in [0.05, 0.1) is 0 Å². The van der Waals surface area contributed by atoms with Gasteiger partial charge in [0.15, 0.2) is 8.24 Å². The first-order chi connectivity index (χ1) is 9.57. The summed E-state index contributed by atoms with van der Waals surface area (Å²) in [6, 6.07) is 17.8. The molecule has 0 spiro atoms. The highest BCUT2D eigenvalue weighted by atomic mass is 28.3. The predicted molar refractivity (Wildman–Crippen MR) is 88.9 cm³/mol. The highest BCUT2D eigenvalue weighted by Crippen LogP contribution is 2.44. The third-order valence-electron chi connectivity index (χ3n) is 4.29. The summed E-state index contributed by atoms with van der Waals surface area (Å²) >= 11 is 0. The van der Waals surface area contributed by atoms with Crippen LogP contribution in [-0.2, 0) is 6.42 Å². The van der Waals surface area contributed by atoms with Crippen molar-refractivity contribution in [1.82, 2.24) is 4.23 Å². The van der Waals surface area contributed by atoms with Gasteiger partial charge < -0.3 is 4.23 Å². The van der Waals surface area contributed by atoms with Crippen molar-refractivity contribution in [3.63, 3.8) is 0 Å². The molecule has 1 aliphatic rings. The summed E-state index contributed by atoms with van der Waals surface area (Å²) in [5.41, 5.74) is 7.36. The number of nitrogens with zero attached hydrogens (tertiary/aromatic N) is 1. The van der Waals surface area contributed by atoms with E-state index >= 15 is 0 Å². The lowest BCUT2D eigenvalue weighted by Gasteiger charge is -2.23. The zero-order chi connectivity index (χ0) is 13.9. The minimum Gasteiger partial charge on any atom is -0.371 e. The van der Waals surface area contributed by atoms with Crippen molar-refractivity contribution in [2.45, 2.75) is 26.1 Å². The fourth-order valence-electron chi connectivity index (χ4n) is 3.63. The Labute approximate surface area is 121 Å². The Bertz CT molecular complexity index is 821. The van der Waals surface area contributed by atoms with Gasteiger partial charge in [-0.1, -0.05) is 62.1 Å². The van der Waals surface area contributed by atoms with Gasteiger partial charge in [-0.2, -0.15) is 0 Å². The molecule has 0 N–H and O–H groups in total. The molecule has 0 unspecified atom stereocenters. The van der Waals surface area contributed by atoms with Crippen LogP contribution in [0.1, 0.15) is 11.3 Å². The lowest BCUT2D eigenvalue weighted by molar-refractivity contribution is 1.06. The molecule has 0 amide bonds. The number of hydrogen-bond acceptors (Lipinski definition) is 0. The van der Waals surface area contributed by atoms with E-state index in [1.807, 2.05) is 0 Å². The van der Waals surface area contributed by atoms with E-state index in [1.165, 1.54) is 33.3 Å². The van der Waals surface area contributed by atoms with E-state index in [0.29, 0.717) is 0 Å². The summed E-state index contributed by atoms with van der Waals surface area (Å²) < 4.78 is 2.66. The van der Waals surface area contributed by atoms with Gasteiger partial charge in [-0.3, -0.25) is 0 Å². The van der Waals surface area contributed by atoms with E-state index in [0.717, 1.165) is 6.42 Å². The molecule has 1 nitrogen and oxygen atoms in total. The molecule has 1 heterocycles. The molecule has 3 aromatic rings. The molecule has 1 aromatic heterocycles. The van der Waals surface area contributed by atoms with E-state index in [4.69, 9.17) is 0 Å². The Morgan fingerprint density at radius 3 is 2.40 bits per heavy atom. The van der Waals surface area contributed by atoms with Crippen LogP contribution in [0.25, 0.3) is 22.0 Å². The minimum atomic E-state index is -1.42. The first-order valence-electron chi connectivity index (χ1n) is 7.28. The molecule has 2 aromatic carbocycles. The normalized spacial score (nSPS) is 13.6. The number of para-hydroxylation sites is 1. The summed E-state index contributed by atoms with van der Waals surface area (Å²) in [5, 5.41) is 1.43. The Kier molecular flexibility index (Phi) is 2.31. The molecule has 0 bridgehead atoms. The average molecular weight is 277 g/mol. The lowest BCUT2D eigenvalue weighted by Crippen LogP contribution is -2.33. The molecule has 0 saturated carbocycles. The van der Waals surface area contributed by atoms with Crippen LogP contribution in [0.2, 0.25) is 19.6 Å². The Hall–Kier alpha value is -1.80. The van der Waals surface area contributed by atoms with Crippen LogP contribution in [0.15, 0.2) is 48.5 Å². The maximum absolute atomic E-state index is 2.66. The number of benzene rings is 2. The van der Waals surface area contributed by atoms with Crippen LogP contribution in [0, 0.1) is 0 Å². The summed E-state index contributed by atoms with van der Waals surface area (Å²) in [5.74, 6) is 0. The van der Waals surface area contributed by atoms with Crippen LogP contribution < -0.4 is 0 Å². The maximum atomic E-state index is 2.66. The molecular weight excluding hydrogens is 258 g/mol. The Morgan fingerprint density at radius 1 is 0.900 bits per heavy atom. The molecule has 0 saturated heterocycles. The first kappa shape index (κ1) is 12.0. The second-order valence-corrected chi connectivity index (χ2v) is 11.5. The van der Waals surface area contributed by atoms with Crippen LogP contribution in [0.5, 0.6) is 0 Å². The van der Waals surface area contributed by atoms with Gasteiger partial charge in [0.25, 0.3) is 0 Å². The fourth-order valence-corrected chi connectivity index (χ4v) is 5.54. The van der Waals surface area contributed by atoms with E-state index in [-0.39, 0.29) is 0 Å². The molecule has 0 radical (unpaired) electrons. The third kappa shape index (κ3) is 1.48. The van der Waals surface area contributed by atoms with Crippen molar-refractivity contribution in [2.75, 3.05) is 0 Å². The first-order valence-corrected chi connectivity index (χ1v) is 10.7. The average Bonchev–Trinajstić information content (AvgIpc) is 2.90. The fraction of sp³-hybridized carbons (Fsp3) is 0.222. The molecule has 0 atom stereocenters. The van der Waals surface area contributed by atoms with E-state index in [1.54, 1.807) is 0 Å². The third-order valence-corrected chi connectivity index (χ3v) is 6.14. The molecule has 2 heteroatoms. The number of aromatic nitrogens is 1. The van der Waals surface area contributed by atoms with Crippen molar-refractivity contribution >= 4 is 19.1 Å². The summed E-state index contributed by atoms with van der Waals surface area (Å²) in [4.78, 5) is 0. The van der Waals surface area contributed by atoms with Gasteiger partial charge in [0.2, 0.25) is 0 Å². The SMILES string of the molecule is C[Si](C)(C)n1c2c(c3ccccc31)-c1ccccc1C2. The highest BCUT2D eigenvalue weighted by molar-refractivity contribution is 6.75. The van der Waals surface area contributed by atoms with Crippen molar-refractivity contribution in [3.05, 3.63) is 59.8 Å². The molecule has 20 heavy (non-hydrogen) atoms. The molecule has 0 fully saturated rings. The Balaban J connectivity index is 2.16. The van der Waals surface area contributed by atoms with Gasteiger partial charge >= 0.3 is 0 Å². The molecule has 4 rings (SSSR count). The summed E-state index contributed by atoms with van der Waals surface area (Å²) in [6.07, 6.45) is 1.09. The standard InChI is InChI=1S/C18H19NSi/c1-20(2,3)19-16-11-7-6-10-15(16)18-14-9-5-4-8-13(14)12-17(18)19/h4-11H,12H2,1-3H3.